The molecule has 3 heteroatoms. The van der Waals surface area contributed by atoms with E-state index >= 15 is 0 Å². The second-order valence-electron chi connectivity index (χ2n) is 6.27. The Balaban J connectivity index is 2.09. The van der Waals surface area contributed by atoms with Gasteiger partial charge in [-0.25, -0.2) is 0 Å². The maximum Gasteiger partial charge on any atom is 0.0253 e. The Labute approximate surface area is 111 Å². The van der Waals surface area contributed by atoms with Crippen molar-refractivity contribution in [1.82, 2.24) is 10.2 Å². The van der Waals surface area contributed by atoms with Crippen LogP contribution < -0.4 is 5.32 Å². The molecule has 0 radical (unpaired) electrons. The summed E-state index contributed by atoms with van der Waals surface area (Å²) in [5.41, 5.74) is 0.289. The standard InChI is InChI=1S/C14H28N2S/c1-5-11-9-15-14(2,3)10-16(11)12-7-6-8-13(12)17-4/h11-13,15H,5-10H2,1-4H3. The first kappa shape index (κ1) is 13.7. The Kier molecular flexibility index (Phi) is 4.43. The summed E-state index contributed by atoms with van der Waals surface area (Å²) in [5, 5.41) is 4.57. The predicted octanol–water partition coefficient (Wildman–Crippen LogP) is 2.73. The van der Waals surface area contributed by atoms with Gasteiger partial charge in [-0.3, -0.25) is 4.90 Å². The van der Waals surface area contributed by atoms with Crippen LogP contribution in [0.5, 0.6) is 0 Å². The third-order valence-electron chi connectivity index (χ3n) is 4.48. The molecule has 3 atom stereocenters. The van der Waals surface area contributed by atoms with Crippen molar-refractivity contribution in [3.8, 4) is 0 Å². The van der Waals surface area contributed by atoms with E-state index in [0.717, 1.165) is 17.3 Å². The van der Waals surface area contributed by atoms with Crippen molar-refractivity contribution in [3.05, 3.63) is 0 Å². The van der Waals surface area contributed by atoms with Crippen LogP contribution in [0.1, 0.15) is 46.5 Å². The highest BCUT2D eigenvalue weighted by Gasteiger charge is 2.40. The van der Waals surface area contributed by atoms with Crippen LogP contribution in [-0.4, -0.2) is 47.1 Å². The molecule has 2 fully saturated rings. The second-order valence-corrected chi connectivity index (χ2v) is 7.35. The van der Waals surface area contributed by atoms with Crippen molar-refractivity contribution >= 4 is 11.8 Å². The molecule has 2 nitrogen and oxygen atoms in total. The van der Waals surface area contributed by atoms with Gasteiger partial charge >= 0.3 is 0 Å². The van der Waals surface area contributed by atoms with Gasteiger partial charge in [0.1, 0.15) is 0 Å². The smallest absolute Gasteiger partial charge is 0.0253 e. The summed E-state index contributed by atoms with van der Waals surface area (Å²) in [5.74, 6) is 0. The molecule has 2 rings (SSSR count). The molecule has 1 N–H and O–H groups in total. The highest BCUT2D eigenvalue weighted by molar-refractivity contribution is 7.99. The topological polar surface area (TPSA) is 15.3 Å². The van der Waals surface area contributed by atoms with Gasteiger partial charge in [0.15, 0.2) is 0 Å². The molecule has 0 aromatic rings. The zero-order chi connectivity index (χ0) is 12.5. The third-order valence-corrected chi connectivity index (χ3v) is 5.64. The first-order valence-electron chi connectivity index (χ1n) is 7.11. The van der Waals surface area contributed by atoms with E-state index in [0.29, 0.717) is 0 Å². The molecule has 0 bridgehead atoms. The Morgan fingerprint density at radius 3 is 2.76 bits per heavy atom. The highest BCUT2D eigenvalue weighted by atomic mass is 32.2. The summed E-state index contributed by atoms with van der Waals surface area (Å²) in [6, 6.07) is 1.58. The molecule has 1 saturated carbocycles. The minimum atomic E-state index is 0.289. The van der Waals surface area contributed by atoms with E-state index in [9.17, 15) is 0 Å². The zero-order valence-electron chi connectivity index (χ0n) is 11.8. The van der Waals surface area contributed by atoms with Crippen LogP contribution in [-0.2, 0) is 0 Å². The fraction of sp³-hybridized carbons (Fsp3) is 1.00. The summed E-state index contributed by atoms with van der Waals surface area (Å²) in [4.78, 5) is 2.82. The molecule has 2 aliphatic rings. The second kappa shape index (κ2) is 5.50. The van der Waals surface area contributed by atoms with Crippen molar-refractivity contribution in [1.29, 1.82) is 0 Å². The summed E-state index contributed by atoms with van der Waals surface area (Å²) < 4.78 is 0. The van der Waals surface area contributed by atoms with Crippen molar-refractivity contribution in [2.45, 2.75) is 69.3 Å². The largest absolute Gasteiger partial charge is 0.309 e. The molecule has 1 saturated heterocycles. The quantitative estimate of drug-likeness (QED) is 0.836. The lowest BCUT2D eigenvalue weighted by Gasteiger charge is -2.48. The number of hydrogen-bond acceptors (Lipinski definition) is 3. The maximum atomic E-state index is 3.70. The van der Waals surface area contributed by atoms with Crippen LogP contribution in [0.2, 0.25) is 0 Å². The van der Waals surface area contributed by atoms with Gasteiger partial charge < -0.3 is 5.32 Å². The first-order valence-corrected chi connectivity index (χ1v) is 8.40. The van der Waals surface area contributed by atoms with Crippen molar-refractivity contribution in [2.24, 2.45) is 0 Å². The lowest BCUT2D eigenvalue weighted by atomic mass is 9.95. The lowest BCUT2D eigenvalue weighted by Crippen LogP contribution is -2.64. The number of piperazine rings is 1. The number of rotatable bonds is 3. The maximum absolute atomic E-state index is 3.70. The van der Waals surface area contributed by atoms with E-state index in [1.54, 1.807) is 0 Å². The fourth-order valence-corrected chi connectivity index (χ4v) is 4.49. The van der Waals surface area contributed by atoms with Crippen LogP contribution in [0, 0.1) is 0 Å². The van der Waals surface area contributed by atoms with Gasteiger partial charge in [0.05, 0.1) is 0 Å². The van der Waals surface area contributed by atoms with Crippen LogP contribution in [0.25, 0.3) is 0 Å². The Bertz CT molecular complexity index is 255. The minimum Gasteiger partial charge on any atom is -0.309 e. The van der Waals surface area contributed by atoms with Crippen molar-refractivity contribution in [3.63, 3.8) is 0 Å². The van der Waals surface area contributed by atoms with Crippen molar-refractivity contribution < 1.29 is 0 Å². The van der Waals surface area contributed by atoms with E-state index in [1.807, 2.05) is 0 Å². The number of nitrogens with zero attached hydrogens (tertiary/aromatic N) is 1. The van der Waals surface area contributed by atoms with Gasteiger partial charge in [0, 0.05) is 36.0 Å². The first-order chi connectivity index (χ1) is 8.07. The minimum absolute atomic E-state index is 0.289. The van der Waals surface area contributed by atoms with Gasteiger partial charge in [-0.15, -0.1) is 0 Å². The Morgan fingerprint density at radius 2 is 2.12 bits per heavy atom. The Morgan fingerprint density at radius 1 is 1.35 bits per heavy atom. The SMILES string of the molecule is CCC1CNC(C)(C)CN1C1CCCC1SC. The average Bonchev–Trinajstić information content (AvgIpc) is 2.75. The van der Waals surface area contributed by atoms with Gasteiger partial charge in [-0.1, -0.05) is 13.3 Å². The summed E-state index contributed by atoms with van der Waals surface area (Å²) in [6.45, 7) is 9.40. The van der Waals surface area contributed by atoms with E-state index < -0.39 is 0 Å². The fourth-order valence-electron chi connectivity index (χ4n) is 3.48. The molecule has 0 amide bonds. The molecule has 0 aromatic carbocycles. The summed E-state index contributed by atoms with van der Waals surface area (Å²) in [7, 11) is 0. The third kappa shape index (κ3) is 2.99. The molecular weight excluding hydrogens is 228 g/mol. The normalized spacial score (nSPS) is 38.5. The summed E-state index contributed by atoms with van der Waals surface area (Å²) >= 11 is 2.08. The molecule has 3 unspecified atom stereocenters. The molecular formula is C14H28N2S. The molecule has 17 heavy (non-hydrogen) atoms. The molecule has 0 aromatic heterocycles. The van der Waals surface area contributed by atoms with E-state index in [2.05, 4.69) is 49.0 Å². The van der Waals surface area contributed by atoms with Crippen molar-refractivity contribution in [2.75, 3.05) is 19.3 Å². The highest BCUT2D eigenvalue weighted by Crippen LogP contribution is 2.35. The predicted molar refractivity (Wildman–Crippen MR) is 77.8 cm³/mol. The molecule has 100 valence electrons. The summed E-state index contributed by atoms with van der Waals surface area (Å²) in [6.07, 6.45) is 7.83. The molecule has 1 aliphatic carbocycles. The monoisotopic (exact) mass is 256 g/mol. The molecule has 0 spiro atoms. The zero-order valence-corrected chi connectivity index (χ0v) is 12.6. The number of hydrogen-bond donors (Lipinski definition) is 1. The molecule has 1 aliphatic heterocycles. The van der Waals surface area contributed by atoms with Gasteiger partial charge in [-0.05, 0) is 39.4 Å². The number of nitrogens with one attached hydrogen (secondary N) is 1. The van der Waals surface area contributed by atoms with E-state index in [1.165, 1.54) is 38.8 Å². The van der Waals surface area contributed by atoms with Crippen LogP contribution in [0.4, 0.5) is 0 Å². The van der Waals surface area contributed by atoms with Gasteiger partial charge in [-0.2, -0.15) is 11.8 Å². The van der Waals surface area contributed by atoms with E-state index in [4.69, 9.17) is 0 Å². The number of thioether (sulfide) groups is 1. The van der Waals surface area contributed by atoms with Gasteiger partial charge in [0.25, 0.3) is 0 Å². The van der Waals surface area contributed by atoms with E-state index in [-0.39, 0.29) is 5.54 Å². The average molecular weight is 256 g/mol. The Hall–Kier alpha value is 0.270. The van der Waals surface area contributed by atoms with Gasteiger partial charge in [0.2, 0.25) is 0 Å². The lowest BCUT2D eigenvalue weighted by molar-refractivity contribution is 0.0560. The van der Waals surface area contributed by atoms with Crippen LogP contribution in [0.15, 0.2) is 0 Å². The van der Waals surface area contributed by atoms with Crippen LogP contribution >= 0.6 is 11.8 Å². The molecule has 1 heterocycles. The van der Waals surface area contributed by atoms with Crippen LogP contribution in [0.3, 0.4) is 0 Å².